The van der Waals surface area contributed by atoms with Gasteiger partial charge in [0.1, 0.15) is 18.0 Å². The highest BCUT2D eigenvalue weighted by Gasteiger charge is 2.46. The molecule has 1 saturated heterocycles. The molecule has 2 rings (SSSR count). The Morgan fingerprint density at radius 2 is 1.58 bits per heavy atom. The number of hydrogen-bond donors (Lipinski definition) is 0. The Bertz CT molecular complexity index is 739. The largest absolute Gasteiger partial charge is 0.414 e. The molecule has 3 atom stereocenters. The maximum atomic E-state index is 6.87. The number of nitrogens with zero attached hydrogens (tertiary/aromatic N) is 2. The van der Waals surface area contributed by atoms with Crippen molar-refractivity contribution in [2.45, 2.75) is 103 Å². The van der Waals surface area contributed by atoms with Crippen LogP contribution in [0, 0.1) is 0 Å². The fourth-order valence-electron chi connectivity index (χ4n) is 3.11. The normalized spacial score (nSPS) is 23.3. The number of anilines is 1. The predicted octanol–water partition coefficient (Wildman–Crippen LogP) is 6.39. The second-order valence-electron chi connectivity index (χ2n) is 12.2. The molecular formula is C24H46N2O3Si2. The molecule has 0 N–H and O–H groups in total. The summed E-state index contributed by atoms with van der Waals surface area (Å²) < 4.78 is 20.0. The quantitative estimate of drug-likeness (QED) is 0.436. The molecule has 178 valence electrons. The van der Waals surface area contributed by atoms with E-state index in [1.807, 2.05) is 25.1 Å². The van der Waals surface area contributed by atoms with Crippen molar-refractivity contribution in [3.8, 4) is 0 Å². The van der Waals surface area contributed by atoms with Gasteiger partial charge < -0.3 is 18.5 Å². The number of aromatic nitrogens is 1. The third-order valence-electron chi connectivity index (χ3n) is 7.41. The lowest BCUT2D eigenvalue weighted by molar-refractivity contribution is -0.0175. The van der Waals surface area contributed by atoms with Crippen molar-refractivity contribution in [1.29, 1.82) is 0 Å². The minimum absolute atomic E-state index is 0.0282. The van der Waals surface area contributed by atoms with Gasteiger partial charge in [0.05, 0.1) is 18.4 Å². The van der Waals surface area contributed by atoms with E-state index in [0.29, 0.717) is 6.61 Å². The molecule has 0 aliphatic carbocycles. The van der Waals surface area contributed by atoms with E-state index >= 15 is 0 Å². The van der Waals surface area contributed by atoms with Gasteiger partial charge in [0.15, 0.2) is 16.6 Å². The zero-order chi connectivity index (χ0) is 23.8. The minimum atomic E-state index is -1.94. The van der Waals surface area contributed by atoms with E-state index in [9.17, 15) is 0 Å². The Balaban J connectivity index is 2.25. The molecule has 0 bridgehead atoms. The van der Waals surface area contributed by atoms with Crippen LogP contribution in [0.15, 0.2) is 18.2 Å². The smallest absolute Gasteiger partial charge is 0.192 e. The molecule has 1 aliphatic heterocycles. The van der Waals surface area contributed by atoms with Crippen molar-refractivity contribution in [2.24, 2.45) is 0 Å². The van der Waals surface area contributed by atoms with Gasteiger partial charge in [-0.25, -0.2) is 4.98 Å². The van der Waals surface area contributed by atoms with Gasteiger partial charge in [0.25, 0.3) is 0 Å². The Kier molecular flexibility index (Phi) is 7.91. The average molecular weight is 467 g/mol. The lowest BCUT2D eigenvalue weighted by atomic mass is 10.1. The van der Waals surface area contributed by atoms with Crippen molar-refractivity contribution in [3.63, 3.8) is 0 Å². The summed E-state index contributed by atoms with van der Waals surface area (Å²) in [6.07, 6.45) is 0.711. The van der Waals surface area contributed by atoms with Gasteiger partial charge in [0.2, 0.25) is 0 Å². The fraction of sp³-hybridized carbons (Fsp3) is 0.792. The summed E-state index contributed by atoms with van der Waals surface area (Å²) in [6.45, 7) is 23.5. The van der Waals surface area contributed by atoms with Crippen LogP contribution < -0.4 is 4.90 Å². The molecular weight excluding hydrogens is 420 g/mol. The van der Waals surface area contributed by atoms with Crippen LogP contribution in [0.4, 0.5) is 5.82 Å². The highest BCUT2D eigenvalue weighted by Crippen LogP contribution is 2.43. The molecule has 0 spiro atoms. The predicted molar refractivity (Wildman–Crippen MR) is 136 cm³/mol. The van der Waals surface area contributed by atoms with Gasteiger partial charge in [-0.05, 0) is 48.4 Å². The summed E-state index contributed by atoms with van der Waals surface area (Å²) >= 11 is 0. The fourth-order valence-corrected chi connectivity index (χ4v) is 5.48. The van der Waals surface area contributed by atoms with E-state index in [4.69, 9.17) is 18.6 Å². The standard InChI is InChI=1S/C24H46N2O3Si2/c1-23(2,3)30(9,10)27-17-21-20(29-31(11,12)24(4,5)6)16-19(28-21)18-14-13-15-22(25-18)26(7)8/h13-15,19-21H,16-17H2,1-12H3/t19-,20+,21-/m1/s1. The summed E-state index contributed by atoms with van der Waals surface area (Å²) in [6, 6.07) is 6.16. The molecule has 1 fully saturated rings. The van der Waals surface area contributed by atoms with Gasteiger partial charge >= 0.3 is 0 Å². The summed E-state index contributed by atoms with van der Waals surface area (Å²) in [5, 5.41) is 0.321. The zero-order valence-corrected chi connectivity index (χ0v) is 24.0. The highest BCUT2D eigenvalue weighted by atomic mass is 28.4. The monoisotopic (exact) mass is 466 g/mol. The summed E-state index contributed by atoms with van der Waals surface area (Å²) in [7, 11) is 0.225. The average Bonchev–Trinajstić information content (AvgIpc) is 3.00. The van der Waals surface area contributed by atoms with Crippen molar-refractivity contribution >= 4 is 22.5 Å². The number of rotatable bonds is 7. The van der Waals surface area contributed by atoms with Crippen LogP contribution in [0.3, 0.4) is 0 Å². The second kappa shape index (κ2) is 9.25. The van der Waals surface area contributed by atoms with E-state index in [0.717, 1.165) is 17.9 Å². The van der Waals surface area contributed by atoms with Gasteiger partial charge in [-0.15, -0.1) is 0 Å². The SMILES string of the molecule is CN(C)c1cccc([C@H]2C[C@H](O[Si](C)(C)C(C)(C)C)[C@@H](CO[Si](C)(C)C(C)(C)C)O2)n1. The van der Waals surface area contributed by atoms with Crippen molar-refractivity contribution in [3.05, 3.63) is 23.9 Å². The van der Waals surface area contributed by atoms with Crippen LogP contribution in [0.5, 0.6) is 0 Å². The molecule has 2 heterocycles. The van der Waals surface area contributed by atoms with Crippen LogP contribution in [0.1, 0.15) is 59.8 Å². The van der Waals surface area contributed by atoms with E-state index in [1.165, 1.54) is 0 Å². The van der Waals surface area contributed by atoms with Crippen LogP contribution in [0.2, 0.25) is 36.3 Å². The maximum Gasteiger partial charge on any atom is 0.192 e. The maximum absolute atomic E-state index is 6.87. The molecule has 7 heteroatoms. The first-order chi connectivity index (χ1) is 13.9. The van der Waals surface area contributed by atoms with Crippen molar-refractivity contribution in [2.75, 3.05) is 25.6 Å². The first-order valence-corrected chi connectivity index (χ1v) is 17.4. The first-order valence-electron chi connectivity index (χ1n) is 11.6. The molecule has 0 radical (unpaired) electrons. The first kappa shape index (κ1) is 26.5. The molecule has 5 nitrogen and oxygen atoms in total. The van der Waals surface area contributed by atoms with Crippen molar-refractivity contribution < 1.29 is 13.6 Å². The topological polar surface area (TPSA) is 43.8 Å². The second-order valence-corrected chi connectivity index (χ2v) is 21.8. The van der Waals surface area contributed by atoms with E-state index < -0.39 is 16.6 Å². The number of hydrogen-bond acceptors (Lipinski definition) is 5. The Morgan fingerprint density at radius 3 is 2.10 bits per heavy atom. The van der Waals surface area contributed by atoms with E-state index in [1.54, 1.807) is 0 Å². The van der Waals surface area contributed by atoms with E-state index in [-0.39, 0.29) is 28.4 Å². The summed E-state index contributed by atoms with van der Waals surface area (Å²) in [5.41, 5.74) is 0.977. The molecule has 0 amide bonds. The zero-order valence-electron chi connectivity index (χ0n) is 22.0. The van der Waals surface area contributed by atoms with Crippen molar-refractivity contribution in [1.82, 2.24) is 4.98 Å². The Morgan fingerprint density at radius 1 is 1.00 bits per heavy atom. The number of pyridine rings is 1. The lowest BCUT2D eigenvalue weighted by Crippen LogP contribution is -2.48. The van der Waals surface area contributed by atoms with Gasteiger partial charge in [-0.3, -0.25) is 0 Å². The van der Waals surface area contributed by atoms with Crippen LogP contribution in [-0.2, 0) is 13.6 Å². The lowest BCUT2D eigenvalue weighted by Gasteiger charge is -2.40. The highest BCUT2D eigenvalue weighted by molar-refractivity contribution is 6.74. The van der Waals surface area contributed by atoms with Gasteiger partial charge in [-0.2, -0.15) is 0 Å². The molecule has 0 unspecified atom stereocenters. The molecule has 1 aromatic rings. The van der Waals surface area contributed by atoms with Crippen LogP contribution in [0.25, 0.3) is 0 Å². The van der Waals surface area contributed by atoms with E-state index in [2.05, 4.69) is 79.9 Å². The number of ether oxygens (including phenoxy) is 1. The van der Waals surface area contributed by atoms with Crippen LogP contribution in [-0.4, -0.2) is 54.5 Å². The van der Waals surface area contributed by atoms with Gasteiger partial charge in [-0.1, -0.05) is 47.6 Å². The summed E-state index contributed by atoms with van der Waals surface area (Å²) in [5.74, 6) is 0.948. The summed E-state index contributed by atoms with van der Waals surface area (Å²) in [4.78, 5) is 6.87. The molecule has 0 aromatic carbocycles. The third kappa shape index (κ3) is 6.41. The van der Waals surface area contributed by atoms with Crippen LogP contribution >= 0.6 is 0 Å². The Hall–Kier alpha value is -0.736. The molecule has 0 saturated carbocycles. The molecule has 31 heavy (non-hydrogen) atoms. The minimum Gasteiger partial charge on any atom is -0.414 e. The third-order valence-corrected chi connectivity index (χ3v) is 16.4. The molecule has 1 aromatic heterocycles. The van der Waals surface area contributed by atoms with Gasteiger partial charge in [0, 0.05) is 20.5 Å². The molecule has 1 aliphatic rings. The Labute approximate surface area is 193 Å².